The van der Waals surface area contributed by atoms with Crippen LogP contribution in [0.3, 0.4) is 0 Å². The second-order valence-corrected chi connectivity index (χ2v) is 9.61. The number of esters is 2. The zero-order chi connectivity index (χ0) is 24.8. The standard InChI is InChI=1S/C30H18Cl2O4/c31-21-9-5-17(6-10-21)13-19-15-25-23-3-1-2-4-24(23)26-16-20(14-18-7-11-22(32)12-8-18)30(34)36-28(26)27(25)35-29(19)33/h1-14H,15-16H2/b19-13+,20-14+. The summed E-state index contributed by atoms with van der Waals surface area (Å²) in [6.07, 6.45) is 4.31. The van der Waals surface area contributed by atoms with Crippen molar-refractivity contribution in [2.24, 2.45) is 0 Å². The summed E-state index contributed by atoms with van der Waals surface area (Å²) in [6.45, 7) is 0. The molecule has 2 heterocycles. The number of benzene rings is 4. The third kappa shape index (κ3) is 4.09. The molecular weight excluding hydrogens is 495 g/mol. The molecule has 176 valence electrons. The lowest BCUT2D eigenvalue weighted by molar-refractivity contribution is -0.133. The summed E-state index contributed by atoms with van der Waals surface area (Å²) < 4.78 is 11.6. The number of ether oxygens (including phenoxy) is 2. The smallest absolute Gasteiger partial charge is 0.339 e. The van der Waals surface area contributed by atoms with Gasteiger partial charge in [-0.1, -0.05) is 71.7 Å². The number of halogens is 2. The van der Waals surface area contributed by atoms with E-state index >= 15 is 0 Å². The van der Waals surface area contributed by atoms with Gasteiger partial charge in [0.2, 0.25) is 0 Å². The molecule has 0 saturated heterocycles. The van der Waals surface area contributed by atoms with Crippen molar-refractivity contribution in [1.82, 2.24) is 0 Å². The number of rotatable bonds is 2. The number of hydrogen-bond donors (Lipinski definition) is 0. The highest BCUT2D eigenvalue weighted by Gasteiger charge is 2.34. The fourth-order valence-corrected chi connectivity index (χ4v) is 4.93. The first-order valence-corrected chi connectivity index (χ1v) is 12.1. The molecule has 2 aliphatic rings. The van der Waals surface area contributed by atoms with Crippen LogP contribution in [0.5, 0.6) is 11.5 Å². The van der Waals surface area contributed by atoms with Crippen LogP contribution in [-0.2, 0) is 22.4 Å². The molecule has 0 bridgehead atoms. The first-order valence-electron chi connectivity index (χ1n) is 11.4. The van der Waals surface area contributed by atoms with Gasteiger partial charge >= 0.3 is 11.9 Å². The molecule has 6 heteroatoms. The molecule has 0 aliphatic carbocycles. The Balaban J connectivity index is 1.46. The summed E-state index contributed by atoms with van der Waals surface area (Å²) in [5, 5.41) is 3.17. The maximum absolute atomic E-state index is 13.0. The molecule has 0 aromatic heterocycles. The van der Waals surface area contributed by atoms with Gasteiger partial charge in [-0.25, -0.2) is 9.59 Å². The van der Waals surface area contributed by atoms with E-state index in [9.17, 15) is 9.59 Å². The minimum atomic E-state index is -0.464. The zero-order valence-electron chi connectivity index (χ0n) is 18.9. The summed E-state index contributed by atoms with van der Waals surface area (Å²) in [5.41, 5.74) is 4.37. The highest BCUT2D eigenvalue weighted by molar-refractivity contribution is 6.30. The summed E-state index contributed by atoms with van der Waals surface area (Å²) in [5.74, 6) is -0.288. The molecule has 36 heavy (non-hydrogen) atoms. The van der Waals surface area contributed by atoms with Crippen molar-refractivity contribution in [2.75, 3.05) is 0 Å². The Morgan fingerprint density at radius 3 is 1.36 bits per heavy atom. The molecule has 0 radical (unpaired) electrons. The van der Waals surface area contributed by atoms with Gasteiger partial charge in [0.1, 0.15) is 0 Å². The molecule has 0 saturated carbocycles. The van der Waals surface area contributed by atoms with Gasteiger partial charge in [0.25, 0.3) is 0 Å². The summed E-state index contributed by atoms with van der Waals surface area (Å²) in [4.78, 5) is 26.0. The number of carbonyl (C=O) groups is 2. The topological polar surface area (TPSA) is 52.6 Å². The van der Waals surface area contributed by atoms with Crippen molar-refractivity contribution in [1.29, 1.82) is 0 Å². The molecular formula is C30H18Cl2O4. The maximum Gasteiger partial charge on any atom is 0.339 e. The van der Waals surface area contributed by atoms with Crippen LogP contribution in [-0.4, -0.2) is 11.9 Å². The Hall–Kier alpha value is -3.86. The molecule has 0 spiro atoms. The van der Waals surface area contributed by atoms with Crippen LogP contribution >= 0.6 is 23.2 Å². The molecule has 6 rings (SSSR count). The van der Waals surface area contributed by atoms with E-state index in [-0.39, 0.29) is 0 Å². The van der Waals surface area contributed by atoms with Crippen LogP contribution in [0.1, 0.15) is 22.3 Å². The zero-order valence-corrected chi connectivity index (χ0v) is 20.4. The van der Waals surface area contributed by atoms with Gasteiger partial charge < -0.3 is 9.47 Å². The number of hydrogen-bond acceptors (Lipinski definition) is 4. The monoisotopic (exact) mass is 512 g/mol. The van der Waals surface area contributed by atoms with Crippen LogP contribution in [0.4, 0.5) is 0 Å². The van der Waals surface area contributed by atoms with E-state index in [0.717, 1.165) is 33.0 Å². The fraction of sp³-hybridized carbons (Fsp3) is 0.0667. The largest absolute Gasteiger partial charge is 0.419 e. The van der Waals surface area contributed by atoms with E-state index in [1.165, 1.54) is 0 Å². The third-order valence-electron chi connectivity index (χ3n) is 6.40. The number of carbonyl (C=O) groups excluding carboxylic acids is 2. The SMILES string of the molecule is O=C1Oc2c3c(c4ccccc4c2C/C1=C\c1ccc(Cl)cc1)C/C(=C\c1ccc(Cl)cc1)C(=O)O3. The Morgan fingerprint density at radius 2 is 0.972 bits per heavy atom. The van der Waals surface area contributed by atoms with Crippen LogP contribution in [0.2, 0.25) is 10.0 Å². The average molecular weight is 513 g/mol. The molecule has 4 aromatic carbocycles. The molecule has 4 nitrogen and oxygen atoms in total. The van der Waals surface area contributed by atoms with Gasteiger partial charge in [-0.05, 0) is 58.3 Å². The van der Waals surface area contributed by atoms with E-state index in [2.05, 4.69) is 0 Å². The molecule has 0 fully saturated rings. The Morgan fingerprint density at radius 1 is 0.583 bits per heavy atom. The quantitative estimate of drug-likeness (QED) is 0.161. The lowest BCUT2D eigenvalue weighted by Gasteiger charge is -2.28. The Kier molecular flexibility index (Phi) is 5.63. The second kappa shape index (κ2) is 8.98. The van der Waals surface area contributed by atoms with Crippen molar-refractivity contribution < 1.29 is 19.1 Å². The average Bonchev–Trinajstić information content (AvgIpc) is 2.88. The Labute approximate surface area is 217 Å². The molecule has 4 aromatic rings. The summed E-state index contributed by atoms with van der Waals surface area (Å²) in [6, 6.07) is 22.4. The predicted octanol–water partition coefficient (Wildman–Crippen LogP) is 7.24. The minimum absolute atomic E-state index is 0.320. The van der Waals surface area contributed by atoms with Crippen molar-refractivity contribution in [3.8, 4) is 11.5 Å². The van der Waals surface area contributed by atoms with Crippen LogP contribution in [0.15, 0.2) is 83.9 Å². The van der Waals surface area contributed by atoms with Gasteiger partial charge in [-0.3, -0.25) is 0 Å². The van der Waals surface area contributed by atoms with Gasteiger partial charge in [-0.2, -0.15) is 0 Å². The lowest BCUT2D eigenvalue weighted by Crippen LogP contribution is -2.25. The molecule has 0 unspecified atom stereocenters. The van der Waals surface area contributed by atoms with Crippen molar-refractivity contribution >= 4 is 58.1 Å². The van der Waals surface area contributed by atoms with Gasteiger partial charge in [0.05, 0.1) is 0 Å². The fourth-order valence-electron chi connectivity index (χ4n) is 4.68. The van der Waals surface area contributed by atoms with Crippen molar-refractivity contribution in [3.63, 3.8) is 0 Å². The first kappa shape index (κ1) is 22.6. The van der Waals surface area contributed by atoms with E-state index < -0.39 is 11.9 Å². The third-order valence-corrected chi connectivity index (χ3v) is 6.91. The molecule has 2 aliphatic heterocycles. The van der Waals surface area contributed by atoms with Crippen LogP contribution in [0.25, 0.3) is 22.9 Å². The van der Waals surface area contributed by atoms with Gasteiger partial charge in [0, 0.05) is 45.2 Å². The lowest BCUT2D eigenvalue weighted by atomic mass is 9.87. The normalized spacial score (nSPS) is 17.1. The van der Waals surface area contributed by atoms with Crippen LogP contribution in [0, 0.1) is 0 Å². The molecule has 0 amide bonds. The van der Waals surface area contributed by atoms with Crippen molar-refractivity contribution in [2.45, 2.75) is 12.8 Å². The first-order chi connectivity index (χ1) is 17.5. The summed E-state index contributed by atoms with van der Waals surface area (Å²) in [7, 11) is 0. The van der Waals surface area contributed by atoms with E-state index in [1.807, 2.05) is 48.5 Å². The van der Waals surface area contributed by atoms with Gasteiger partial charge in [0.15, 0.2) is 11.5 Å². The van der Waals surface area contributed by atoms with Crippen LogP contribution < -0.4 is 9.47 Å². The van der Waals surface area contributed by atoms with E-state index in [1.54, 1.807) is 36.4 Å². The highest BCUT2D eigenvalue weighted by atomic mass is 35.5. The molecule has 0 atom stereocenters. The second-order valence-electron chi connectivity index (χ2n) is 8.74. The number of fused-ring (bicyclic) bond motifs is 6. The molecule has 0 N–H and O–H groups in total. The van der Waals surface area contributed by atoms with Gasteiger partial charge in [-0.15, -0.1) is 0 Å². The van der Waals surface area contributed by atoms with E-state index in [4.69, 9.17) is 32.7 Å². The van der Waals surface area contributed by atoms with E-state index in [0.29, 0.717) is 45.5 Å². The predicted molar refractivity (Wildman–Crippen MR) is 141 cm³/mol. The Bertz CT molecular complexity index is 1490. The van der Waals surface area contributed by atoms with Crippen molar-refractivity contribution in [3.05, 3.63) is 116 Å². The highest BCUT2D eigenvalue weighted by Crippen LogP contribution is 2.48. The minimum Gasteiger partial charge on any atom is -0.419 e. The maximum atomic E-state index is 13.0. The summed E-state index contributed by atoms with van der Waals surface area (Å²) >= 11 is 12.0.